The summed E-state index contributed by atoms with van der Waals surface area (Å²) in [4.78, 5) is 0. The molecule has 1 saturated carbocycles. The molecule has 2 aliphatic carbocycles. The van der Waals surface area contributed by atoms with E-state index in [-0.39, 0.29) is 0 Å². The number of rotatable bonds is 4. The van der Waals surface area contributed by atoms with Gasteiger partial charge in [0, 0.05) is 0 Å². The molecule has 0 radical (unpaired) electrons. The molecule has 0 N–H and O–H groups in total. The molecule has 4 atom stereocenters. The Kier molecular flexibility index (Phi) is 5.04. The van der Waals surface area contributed by atoms with Gasteiger partial charge in [0.25, 0.3) is 0 Å². The Bertz CT molecular complexity index is 272. The van der Waals surface area contributed by atoms with Gasteiger partial charge < -0.3 is 0 Å². The quantitative estimate of drug-likeness (QED) is 0.566. The minimum atomic E-state index is 0.310. The van der Waals surface area contributed by atoms with E-state index in [0.717, 1.165) is 23.7 Å². The van der Waals surface area contributed by atoms with Gasteiger partial charge >= 0.3 is 0 Å². The van der Waals surface area contributed by atoms with Crippen LogP contribution in [0.4, 0.5) is 0 Å². The van der Waals surface area contributed by atoms with Gasteiger partial charge in [0.15, 0.2) is 0 Å². The van der Waals surface area contributed by atoms with Gasteiger partial charge in [-0.25, -0.2) is 0 Å². The Morgan fingerprint density at radius 3 is 2.35 bits per heavy atom. The molecule has 0 amide bonds. The van der Waals surface area contributed by atoms with Crippen molar-refractivity contribution in [1.82, 2.24) is 0 Å². The zero-order chi connectivity index (χ0) is 13.1. The van der Waals surface area contributed by atoms with Crippen molar-refractivity contribution in [3.8, 4) is 0 Å². The molecule has 0 heterocycles. The maximum Gasteiger partial charge on any atom is -0.0175 e. The van der Waals surface area contributed by atoms with E-state index in [0.29, 0.717) is 5.41 Å². The van der Waals surface area contributed by atoms with Gasteiger partial charge in [-0.3, -0.25) is 0 Å². The zero-order valence-electron chi connectivity index (χ0n) is 12.4. The first-order valence-corrected chi connectivity index (χ1v) is 7.34. The second-order valence-electron chi connectivity index (χ2n) is 6.32. The third kappa shape index (κ3) is 3.47. The predicted molar refractivity (Wildman–Crippen MR) is 78.0 cm³/mol. The largest absolute Gasteiger partial charge is 0.103 e. The molecule has 1 fully saturated rings. The minimum absolute atomic E-state index is 0.310. The van der Waals surface area contributed by atoms with E-state index in [4.69, 9.17) is 0 Å². The molecule has 0 spiro atoms. The van der Waals surface area contributed by atoms with E-state index in [9.17, 15) is 0 Å². The Morgan fingerprint density at radius 1 is 1.29 bits per heavy atom. The van der Waals surface area contributed by atoms with Crippen LogP contribution >= 0.6 is 0 Å². The number of hydrogen-bond acceptors (Lipinski definition) is 0. The molecule has 0 nitrogen and oxygen atoms in total. The molecule has 4 unspecified atom stereocenters. The lowest BCUT2D eigenvalue weighted by atomic mass is 9.74. The normalized spacial score (nSPS) is 31.9. The summed E-state index contributed by atoms with van der Waals surface area (Å²) in [7, 11) is 0. The second kappa shape index (κ2) is 5.89. The average Bonchev–Trinajstić information content (AvgIpc) is 2.93. The molecule has 0 saturated heterocycles. The average molecular weight is 234 g/mol. The lowest BCUT2D eigenvalue weighted by Crippen LogP contribution is -2.22. The first-order valence-electron chi connectivity index (χ1n) is 7.34. The SMILES string of the molecule is C=CC(C)(C)CC(C)C1CC2C=CC1C2.CC. The lowest BCUT2D eigenvalue weighted by molar-refractivity contribution is 0.234. The Hall–Kier alpha value is -0.520. The van der Waals surface area contributed by atoms with Crippen molar-refractivity contribution in [3.05, 3.63) is 24.8 Å². The third-order valence-electron chi connectivity index (χ3n) is 4.46. The summed E-state index contributed by atoms with van der Waals surface area (Å²) in [5.74, 6) is 3.59. The van der Waals surface area contributed by atoms with E-state index in [1.54, 1.807) is 0 Å². The molecule has 2 rings (SSSR count). The van der Waals surface area contributed by atoms with E-state index < -0.39 is 0 Å². The highest BCUT2D eigenvalue weighted by Crippen LogP contribution is 2.48. The standard InChI is InChI=1S/C15H24.C2H6/c1-5-15(3,4)10-11(2)14-9-12-6-7-13(14)8-12;1-2/h5-7,11-14H,1,8-10H2,2-4H3;1-2H3. The van der Waals surface area contributed by atoms with Crippen molar-refractivity contribution in [2.24, 2.45) is 29.1 Å². The van der Waals surface area contributed by atoms with Crippen molar-refractivity contribution in [2.45, 2.75) is 53.9 Å². The van der Waals surface area contributed by atoms with Crippen molar-refractivity contribution in [2.75, 3.05) is 0 Å². The van der Waals surface area contributed by atoms with E-state index in [1.807, 2.05) is 13.8 Å². The summed E-state index contributed by atoms with van der Waals surface area (Å²) in [6.07, 6.45) is 11.2. The Labute approximate surface area is 108 Å². The van der Waals surface area contributed by atoms with Crippen LogP contribution in [-0.2, 0) is 0 Å². The second-order valence-corrected chi connectivity index (χ2v) is 6.32. The number of allylic oxidation sites excluding steroid dienone is 3. The van der Waals surface area contributed by atoms with Crippen LogP contribution in [0, 0.1) is 29.1 Å². The molecule has 0 aliphatic heterocycles. The molecular formula is C17H30. The van der Waals surface area contributed by atoms with Gasteiger partial charge in [0.2, 0.25) is 0 Å². The fourth-order valence-electron chi connectivity index (χ4n) is 3.54. The summed E-state index contributed by atoms with van der Waals surface area (Å²) in [6.45, 7) is 15.0. The van der Waals surface area contributed by atoms with Crippen LogP contribution < -0.4 is 0 Å². The number of fused-ring (bicyclic) bond motifs is 2. The van der Waals surface area contributed by atoms with Gasteiger partial charge in [0.1, 0.15) is 0 Å². The summed E-state index contributed by atoms with van der Waals surface area (Å²) in [6, 6.07) is 0. The highest BCUT2D eigenvalue weighted by Gasteiger charge is 2.39. The molecule has 2 bridgehead atoms. The molecular weight excluding hydrogens is 204 g/mol. The highest BCUT2D eigenvalue weighted by atomic mass is 14.4. The van der Waals surface area contributed by atoms with E-state index >= 15 is 0 Å². The van der Waals surface area contributed by atoms with Gasteiger partial charge in [-0.15, -0.1) is 6.58 Å². The maximum atomic E-state index is 3.95. The van der Waals surface area contributed by atoms with Crippen LogP contribution in [0.15, 0.2) is 24.8 Å². The Morgan fingerprint density at radius 2 is 1.94 bits per heavy atom. The molecule has 0 heteroatoms. The smallest absolute Gasteiger partial charge is 0.0175 e. The van der Waals surface area contributed by atoms with Gasteiger partial charge in [-0.1, -0.05) is 52.8 Å². The maximum absolute atomic E-state index is 3.95. The van der Waals surface area contributed by atoms with Crippen molar-refractivity contribution >= 4 is 0 Å². The van der Waals surface area contributed by atoms with Crippen molar-refractivity contribution in [3.63, 3.8) is 0 Å². The van der Waals surface area contributed by atoms with Crippen LogP contribution in [0.25, 0.3) is 0 Å². The fraction of sp³-hybridized carbons (Fsp3) is 0.765. The monoisotopic (exact) mass is 234 g/mol. The van der Waals surface area contributed by atoms with Gasteiger partial charge in [-0.05, 0) is 48.3 Å². The Balaban J connectivity index is 0.000000686. The molecule has 0 aromatic heterocycles. The van der Waals surface area contributed by atoms with E-state index in [1.165, 1.54) is 19.3 Å². The molecule has 17 heavy (non-hydrogen) atoms. The zero-order valence-corrected chi connectivity index (χ0v) is 12.4. The fourth-order valence-corrected chi connectivity index (χ4v) is 3.54. The molecule has 0 aromatic carbocycles. The molecule has 2 aliphatic rings. The molecule has 0 aromatic rings. The lowest BCUT2D eigenvalue weighted by Gasteiger charge is -2.31. The number of hydrogen-bond donors (Lipinski definition) is 0. The molecule has 98 valence electrons. The summed E-state index contributed by atoms with van der Waals surface area (Å²) in [5, 5.41) is 0. The first kappa shape index (κ1) is 14.5. The van der Waals surface area contributed by atoms with E-state index in [2.05, 4.69) is 45.6 Å². The highest BCUT2D eigenvalue weighted by molar-refractivity contribution is 5.11. The summed E-state index contributed by atoms with van der Waals surface area (Å²) < 4.78 is 0. The van der Waals surface area contributed by atoms with Gasteiger partial charge in [0.05, 0.1) is 0 Å². The summed E-state index contributed by atoms with van der Waals surface area (Å²) >= 11 is 0. The minimum Gasteiger partial charge on any atom is -0.103 e. The first-order chi connectivity index (χ1) is 8.02. The van der Waals surface area contributed by atoms with Crippen LogP contribution in [0.2, 0.25) is 0 Å². The van der Waals surface area contributed by atoms with Crippen LogP contribution in [0.5, 0.6) is 0 Å². The van der Waals surface area contributed by atoms with Crippen molar-refractivity contribution in [1.29, 1.82) is 0 Å². The van der Waals surface area contributed by atoms with Crippen molar-refractivity contribution < 1.29 is 0 Å². The van der Waals surface area contributed by atoms with Gasteiger partial charge in [-0.2, -0.15) is 0 Å². The predicted octanol–water partition coefficient (Wildman–Crippen LogP) is 5.46. The summed E-state index contributed by atoms with van der Waals surface area (Å²) in [5.41, 5.74) is 0.310. The van der Waals surface area contributed by atoms with Crippen LogP contribution in [0.1, 0.15) is 53.9 Å². The van der Waals surface area contributed by atoms with Crippen LogP contribution in [-0.4, -0.2) is 0 Å². The topological polar surface area (TPSA) is 0 Å². The third-order valence-corrected chi connectivity index (χ3v) is 4.46. The van der Waals surface area contributed by atoms with Crippen LogP contribution in [0.3, 0.4) is 0 Å².